The minimum absolute atomic E-state index is 0.187. The summed E-state index contributed by atoms with van der Waals surface area (Å²) < 4.78 is 1.98. The summed E-state index contributed by atoms with van der Waals surface area (Å²) in [5.74, 6) is 0.795. The van der Waals surface area contributed by atoms with E-state index in [1.165, 1.54) is 11.8 Å². The van der Waals surface area contributed by atoms with Gasteiger partial charge in [0.2, 0.25) is 5.91 Å². The summed E-state index contributed by atoms with van der Waals surface area (Å²) in [6.07, 6.45) is 0. The molecule has 1 aromatic heterocycles. The van der Waals surface area contributed by atoms with Gasteiger partial charge in [0.05, 0.1) is 23.5 Å². The van der Waals surface area contributed by atoms with Crippen LogP contribution in [0.2, 0.25) is 0 Å². The molecule has 3 rings (SSSR count). The molecule has 0 radical (unpaired) electrons. The summed E-state index contributed by atoms with van der Waals surface area (Å²) in [7, 11) is 0. The molecule has 0 saturated carbocycles. The standard InChI is InChI=1S/C19H17N5OS/c1-14-22-23-19(24(14)12-15-7-3-2-4-8-15)26-13-18(25)21-17-10-6-5-9-16(17)11-20/h2-10H,12-13H2,1H3,(H,21,25). The van der Waals surface area contributed by atoms with Gasteiger partial charge in [-0.2, -0.15) is 5.26 Å². The number of thioether (sulfide) groups is 1. The van der Waals surface area contributed by atoms with Crippen molar-refractivity contribution in [1.82, 2.24) is 14.8 Å². The lowest BCUT2D eigenvalue weighted by molar-refractivity contribution is -0.113. The second-order valence-corrected chi connectivity index (χ2v) is 6.54. The number of nitrogens with zero attached hydrogens (tertiary/aromatic N) is 4. The summed E-state index contributed by atoms with van der Waals surface area (Å²) in [4.78, 5) is 12.2. The Kier molecular flexibility index (Phi) is 5.66. The van der Waals surface area contributed by atoms with Crippen molar-refractivity contribution in [3.05, 3.63) is 71.5 Å². The third-order valence-corrected chi connectivity index (χ3v) is 4.71. The van der Waals surface area contributed by atoms with Crippen LogP contribution in [0.3, 0.4) is 0 Å². The van der Waals surface area contributed by atoms with Crippen molar-refractivity contribution >= 4 is 23.4 Å². The van der Waals surface area contributed by atoms with E-state index in [0.717, 1.165) is 11.4 Å². The van der Waals surface area contributed by atoms with Gasteiger partial charge in [-0.3, -0.25) is 4.79 Å². The Morgan fingerprint density at radius 2 is 1.88 bits per heavy atom. The van der Waals surface area contributed by atoms with Crippen LogP contribution in [0.25, 0.3) is 0 Å². The van der Waals surface area contributed by atoms with Crippen LogP contribution in [0.1, 0.15) is 17.0 Å². The fraction of sp³-hybridized carbons (Fsp3) is 0.158. The summed E-state index contributed by atoms with van der Waals surface area (Å²) >= 11 is 1.32. The molecule has 6 nitrogen and oxygen atoms in total. The fourth-order valence-corrected chi connectivity index (χ4v) is 3.21. The Hall–Kier alpha value is -3.11. The van der Waals surface area contributed by atoms with E-state index < -0.39 is 0 Å². The van der Waals surface area contributed by atoms with Crippen LogP contribution in [0.4, 0.5) is 5.69 Å². The molecule has 26 heavy (non-hydrogen) atoms. The Morgan fingerprint density at radius 1 is 1.15 bits per heavy atom. The lowest BCUT2D eigenvalue weighted by Crippen LogP contribution is -2.15. The molecular weight excluding hydrogens is 346 g/mol. The molecule has 130 valence electrons. The van der Waals surface area contributed by atoms with Gasteiger partial charge in [0, 0.05) is 0 Å². The first-order valence-electron chi connectivity index (χ1n) is 8.03. The largest absolute Gasteiger partial charge is 0.324 e. The van der Waals surface area contributed by atoms with Gasteiger partial charge in [-0.15, -0.1) is 10.2 Å². The number of amides is 1. The maximum Gasteiger partial charge on any atom is 0.234 e. The number of para-hydroxylation sites is 1. The van der Waals surface area contributed by atoms with Crippen molar-refractivity contribution in [2.24, 2.45) is 0 Å². The van der Waals surface area contributed by atoms with Gasteiger partial charge in [-0.25, -0.2) is 0 Å². The summed E-state index contributed by atoms with van der Waals surface area (Å²) in [6.45, 7) is 2.55. The molecule has 2 aromatic carbocycles. The van der Waals surface area contributed by atoms with Crippen LogP contribution >= 0.6 is 11.8 Å². The van der Waals surface area contributed by atoms with Gasteiger partial charge in [-0.1, -0.05) is 54.2 Å². The van der Waals surface area contributed by atoms with E-state index in [-0.39, 0.29) is 11.7 Å². The maximum atomic E-state index is 12.2. The summed E-state index contributed by atoms with van der Waals surface area (Å²) in [5.41, 5.74) is 2.10. The second-order valence-electron chi connectivity index (χ2n) is 5.60. The fourth-order valence-electron chi connectivity index (χ4n) is 2.42. The van der Waals surface area contributed by atoms with E-state index in [1.807, 2.05) is 41.8 Å². The number of rotatable bonds is 6. The number of benzene rings is 2. The van der Waals surface area contributed by atoms with Crippen LogP contribution in [-0.2, 0) is 11.3 Å². The molecule has 0 spiro atoms. The van der Waals surface area contributed by atoms with E-state index in [0.29, 0.717) is 23.0 Å². The highest BCUT2D eigenvalue weighted by atomic mass is 32.2. The zero-order valence-electron chi connectivity index (χ0n) is 14.2. The third kappa shape index (κ3) is 4.29. The molecule has 7 heteroatoms. The lowest BCUT2D eigenvalue weighted by atomic mass is 10.2. The average molecular weight is 363 g/mol. The molecule has 0 aliphatic heterocycles. The van der Waals surface area contributed by atoms with Crippen molar-refractivity contribution in [2.75, 3.05) is 11.1 Å². The number of hydrogen-bond acceptors (Lipinski definition) is 5. The van der Waals surface area contributed by atoms with Crippen LogP contribution in [-0.4, -0.2) is 26.4 Å². The highest BCUT2D eigenvalue weighted by molar-refractivity contribution is 7.99. The molecule has 0 bridgehead atoms. The first-order valence-corrected chi connectivity index (χ1v) is 9.01. The van der Waals surface area contributed by atoms with Crippen molar-refractivity contribution < 1.29 is 4.79 Å². The molecule has 1 amide bonds. The zero-order valence-corrected chi connectivity index (χ0v) is 15.0. The monoisotopic (exact) mass is 363 g/mol. The van der Waals surface area contributed by atoms with Gasteiger partial charge in [0.15, 0.2) is 5.16 Å². The number of anilines is 1. The molecule has 1 heterocycles. The van der Waals surface area contributed by atoms with Crippen molar-refractivity contribution in [1.29, 1.82) is 5.26 Å². The smallest absolute Gasteiger partial charge is 0.234 e. The SMILES string of the molecule is Cc1nnc(SCC(=O)Nc2ccccc2C#N)n1Cc1ccccc1. The van der Waals surface area contributed by atoms with Crippen LogP contribution in [0.5, 0.6) is 0 Å². The van der Waals surface area contributed by atoms with E-state index in [1.54, 1.807) is 24.3 Å². The number of aromatic nitrogens is 3. The first-order chi connectivity index (χ1) is 12.7. The van der Waals surface area contributed by atoms with E-state index in [9.17, 15) is 4.79 Å². The Balaban J connectivity index is 1.65. The summed E-state index contributed by atoms with van der Waals surface area (Å²) in [6, 6.07) is 19.0. The zero-order chi connectivity index (χ0) is 18.4. The van der Waals surface area contributed by atoms with Gasteiger partial charge in [-0.05, 0) is 24.6 Å². The Morgan fingerprint density at radius 3 is 2.65 bits per heavy atom. The molecule has 3 aromatic rings. The number of nitriles is 1. The maximum absolute atomic E-state index is 12.2. The topological polar surface area (TPSA) is 83.6 Å². The lowest BCUT2D eigenvalue weighted by Gasteiger charge is -2.09. The number of carbonyl (C=O) groups excluding carboxylic acids is 1. The molecule has 0 fully saturated rings. The predicted molar refractivity (Wildman–Crippen MR) is 101 cm³/mol. The van der Waals surface area contributed by atoms with Gasteiger partial charge in [0.25, 0.3) is 0 Å². The van der Waals surface area contributed by atoms with Crippen LogP contribution in [0, 0.1) is 18.3 Å². The molecule has 0 aliphatic rings. The molecular formula is C19H17N5OS. The Labute approximate surface area is 155 Å². The molecule has 0 atom stereocenters. The predicted octanol–water partition coefficient (Wildman–Crippen LogP) is 3.24. The third-order valence-electron chi connectivity index (χ3n) is 3.74. The van der Waals surface area contributed by atoms with Gasteiger partial charge < -0.3 is 9.88 Å². The first kappa shape index (κ1) is 17.7. The quantitative estimate of drug-likeness (QED) is 0.680. The number of aryl methyl sites for hydroxylation is 1. The molecule has 0 unspecified atom stereocenters. The number of nitrogens with one attached hydrogen (secondary N) is 1. The molecule has 0 saturated heterocycles. The molecule has 1 N–H and O–H groups in total. The second kappa shape index (κ2) is 8.32. The van der Waals surface area contributed by atoms with Crippen molar-refractivity contribution in [3.63, 3.8) is 0 Å². The number of carbonyl (C=O) groups is 1. The highest BCUT2D eigenvalue weighted by Gasteiger charge is 2.13. The van der Waals surface area contributed by atoms with E-state index >= 15 is 0 Å². The van der Waals surface area contributed by atoms with Crippen molar-refractivity contribution in [2.45, 2.75) is 18.6 Å². The summed E-state index contributed by atoms with van der Waals surface area (Å²) in [5, 5.41) is 20.8. The minimum atomic E-state index is -0.190. The van der Waals surface area contributed by atoms with Gasteiger partial charge in [0.1, 0.15) is 11.9 Å². The number of hydrogen-bond donors (Lipinski definition) is 1. The van der Waals surface area contributed by atoms with E-state index in [2.05, 4.69) is 21.6 Å². The van der Waals surface area contributed by atoms with Crippen LogP contribution < -0.4 is 5.32 Å². The Bertz CT molecular complexity index is 946. The molecule has 0 aliphatic carbocycles. The van der Waals surface area contributed by atoms with Crippen LogP contribution in [0.15, 0.2) is 59.8 Å². The van der Waals surface area contributed by atoms with Crippen molar-refractivity contribution in [3.8, 4) is 6.07 Å². The van der Waals surface area contributed by atoms with E-state index in [4.69, 9.17) is 5.26 Å². The normalized spacial score (nSPS) is 10.3. The highest BCUT2D eigenvalue weighted by Crippen LogP contribution is 2.20. The average Bonchev–Trinajstić information content (AvgIpc) is 3.01. The minimum Gasteiger partial charge on any atom is -0.324 e. The van der Waals surface area contributed by atoms with Gasteiger partial charge >= 0.3 is 0 Å².